The number of hydrogen-bond acceptors (Lipinski definition) is 4. The molecule has 106 valence electrons. The number of hydrogen-bond donors (Lipinski definition) is 1. The summed E-state index contributed by atoms with van der Waals surface area (Å²) in [7, 11) is 0. The number of benzene rings is 1. The molecule has 0 aliphatic carbocycles. The first-order valence-corrected chi connectivity index (χ1v) is 7.94. The summed E-state index contributed by atoms with van der Waals surface area (Å²) in [6.45, 7) is 3.64. The predicted octanol–water partition coefficient (Wildman–Crippen LogP) is 3.34. The van der Waals surface area contributed by atoms with Crippen molar-refractivity contribution in [1.29, 1.82) is 0 Å². The Bertz CT molecular complexity index is 573. The van der Waals surface area contributed by atoms with Gasteiger partial charge in [-0.15, -0.1) is 11.3 Å². The monoisotopic (exact) mass is 288 g/mol. The maximum absolute atomic E-state index is 5.93. The van der Waals surface area contributed by atoms with Crippen LogP contribution in [0.3, 0.4) is 0 Å². The Morgan fingerprint density at radius 1 is 1.35 bits per heavy atom. The van der Waals surface area contributed by atoms with Crippen LogP contribution >= 0.6 is 11.3 Å². The van der Waals surface area contributed by atoms with E-state index in [0.717, 1.165) is 36.6 Å². The molecule has 1 aromatic heterocycles. The van der Waals surface area contributed by atoms with Gasteiger partial charge in [-0.05, 0) is 32.7 Å². The zero-order chi connectivity index (χ0) is 14.0. The highest BCUT2D eigenvalue weighted by Gasteiger charge is 2.35. The second-order valence-corrected chi connectivity index (χ2v) is 6.46. The third kappa shape index (κ3) is 2.51. The van der Waals surface area contributed by atoms with Gasteiger partial charge in [-0.2, -0.15) is 0 Å². The number of aromatic nitrogens is 1. The van der Waals surface area contributed by atoms with Crippen molar-refractivity contribution in [3.63, 3.8) is 0 Å². The Hall–Kier alpha value is -1.23. The van der Waals surface area contributed by atoms with E-state index >= 15 is 0 Å². The van der Waals surface area contributed by atoms with E-state index in [1.54, 1.807) is 11.3 Å². The van der Waals surface area contributed by atoms with E-state index in [4.69, 9.17) is 15.5 Å². The van der Waals surface area contributed by atoms with Gasteiger partial charge >= 0.3 is 0 Å². The molecule has 1 fully saturated rings. The van der Waals surface area contributed by atoms with E-state index in [1.807, 2.05) is 18.2 Å². The van der Waals surface area contributed by atoms with Crippen molar-refractivity contribution in [2.75, 3.05) is 13.2 Å². The lowest BCUT2D eigenvalue weighted by molar-refractivity contribution is 0.0167. The van der Waals surface area contributed by atoms with Gasteiger partial charge in [0.1, 0.15) is 10.6 Å². The molecule has 0 radical (unpaired) electrons. The molecule has 1 aliphatic rings. The third-order valence-electron chi connectivity index (χ3n) is 3.79. The van der Waals surface area contributed by atoms with Gasteiger partial charge in [0, 0.05) is 17.0 Å². The van der Waals surface area contributed by atoms with Crippen molar-refractivity contribution >= 4 is 11.3 Å². The lowest BCUT2D eigenvalue weighted by atomic mass is 10.0. The molecule has 4 heteroatoms. The van der Waals surface area contributed by atoms with Crippen LogP contribution in [-0.2, 0) is 16.8 Å². The van der Waals surface area contributed by atoms with Crippen LogP contribution in [0.1, 0.15) is 29.7 Å². The minimum atomic E-state index is -0.207. The standard InChI is InChI=1S/C16H20N2OS/c1-16(9-5-11-19-16)15-18-14(13(20-15)8-10-17)12-6-3-2-4-7-12/h2-4,6-7H,5,8-11,17H2,1H3. The normalized spacial score (nSPS) is 22.3. The molecule has 1 atom stereocenters. The van der Waals surface area contributed by atoms with Crippen molar-refractivity contribution in [2.45, 2.75) is 31.8 Å². The van der Waals surface area contributed by atoms with Crippen LogP contribution in [0.25, 0.3) is 11.3 Å². The number of rotatable bonds is 4. The summed E-state index contributed by atoms with van der Waals surface area (Å²) in [5.41, 5.74) is 7.79. The molecule has 20 heavy (non-hydrogen) atoms. The van der Waals surface area contributed by atoms with Gasteiger partial charge in [0.25, 0.3) is 0 Å². The SMILES string of the molecule is CC1(c2nc(-c3ccccc3)c(CCN)s2)CCCO1. The predicted molar refractivity (Wildman–Crippen MR) is 82.8 cm³/mol. The summed E-state index contributed by atoms with van der Waals surface area (Å²) in [4.78, 5) is 6.16. The van der Waals surface area contributed by atoms with E-state index in [2.05, 4.69) is 19.1 Å². The maximum Gasteiger partial charge on any atom is 0.125 e. The Kier molecular flexibility index (Phi) is 3.87. The Morgan fingerprint density at radius 2 is 2.15 bits per heavy atom. The summed E-state index contributed by atoms with van der Waals surface area (Å²) in [5.74, 6) is 0. The van der Waals surface area contributed by atoms with E-state index in [1.165, 1.54) is 10.4 Å². The molecular weight excluding hydrogens is 268 g/mol. The first-order valence-electron chi connectivity index (χ1n) is 7.12. The molecule has 0 bridgehead atoms. The molecular formula is C16H20N2OS. The van der Waals surface area contributed by atoms with Crippen molar-refractivity contribution in [2.24, 2.45) is 5.73 Å². The number of thiazole rings is 1. The molecule has 0 amide bonds. The minimum Gasteiger partial charge on any atom is -0.368 e. The average Bonchev–Trinajstić information content (AvgIpc) is 3.08. The smallest absolute Gasteiger partial charge is 0.125 e. The van der Waals surface area contributed by atoms with E-state index < -0.39 is 0 Å². The van der Waals surface area contributed by atoms with Crippen molar-refractivity contribution in [3.8, 4) is 11.3 Å². The number of nitrogens with two attached hydrogens (primary N) is 1. The summed E-state index contributed by atoms with van der Waals surface area (Å²) < 4.78 is 5.93. The van der Waals surface area contributed by atoms with Crippen molar-refractivity contribution in [1.82, 2.24) is 4.98 Å². The zero-order valence-electron chi connectivity index (χ0n) is 11.8. The largest absolute Gasteiger partial charge is 0.368 e. The molecule has 1 unspecified atom stereocenters. The molecule has 1 saturated heterocycles. The van der Waals surface area contributed by atoms with Gasteiger partial charge in [0.2, 0.25) is 0 Å². The highest BCUT2D eigenvalue weighted by molar-refractivity contribution is 7.12. The lowest BCUT2D eigenvalue weighted by Gasteiger charge is -2.19. The molecule has 0 saturated carbocycles. The van der Waals surface area contributed by atoms with Gasteiger partial charge < -0.3 is 10.5 Å². The molecule has 2 aromatic rings. The van der Waals surface area contributed by atoms with Crippen LogP contribution in [0, 0.1) is 0 Å². The van der Waals surface area contributed by atoms with Crippen LogP contribution in [0.15, 0.2) is 30.3 Å². The van der Waals surface area contributed by atoms with Gasteiger partial charge in [-0.1, -0.05) is 30.3 Å². The lowest BCUT2D eigenvalue weighted by Crippen LogP contribution is -2.19. The maximum atomic E-state index is 5.93. The summed E-state index contributed by atoms with van der Waals surface area (Å²) in [6.07, 6.45) is 3.04. The second-order valence-electron chi connectivity index (χ2n) is 5.38. The summed E-state index contributed by atoms with van der Waals surface area (Å²) in [5, 5.41) is 1.09. The van der Waals surface area contributed by atoms with Crippen LogP contribution in [0.4, 0.5) is 0 Å². The zero-order valence-corrected chi connectivity index (χ0v) is 12.6. The fraction of sp³-hybridized carbons (Fsp3) is 0.438. The highest BCUT2D eigenvalue weighted by atomic mass is 32.1. The molecule has 1 aromatic carbocycles. The highest BCUT2D eigenvalue weighted by Crippen LogP contribution is 2.40. The van der Waals surface area contributed by atoms with Crippen molar-refractivity contribution < 1.29 is 4.74 Å². The van der Waals surface area contributed by atoms with Crippen LogP contribution < -0.4 is 5.73 Å². The Labute approximate surface area is 123 Å². The number of ether oxygens (including phenoxy) is 1. The van der Waals surface area contributed by atoms with Crippen LogP contribution in [0.2, 0.25) is 0 Å². The third-order valence-corrected chi connectivity index (χ3v) is 5.15. The molecule has 3 rings (SSSR count). The van der Waals surface area contributed by atoms with Gasteiger partial charge in [0.15, 0.2) is 0 Å². The summed E-state index contributed by atoms with van der Waals surface area (Å²) in [6, 6.07) is 10.3. The fourth-order valence-electron chi connectivity index (χ4n) is 2.65. The average molecular weight is 288 g/mol. The molecule has 3 nitrogen and oxygen atoms in total. The quantitative estimate of drug-likeness (QED) is 0.938. The van der Waals surface area contributed by atoms with Gasteiger partial charge in [0.05, 0.1) is 5.69 Å². The molecule has 2 heterocycles. The molecule has 2 N–H and O–H groups in total. The van der Waals surface area contributed by atoms with E-state index in [0.29, 0.717) is 6.54 Å². The Morgan fingerprint density at radius 3 is 2.80 bits per heavy atom. The second kappa shape index (κ2) is 5.64. The molecule has 0 spiro atoms. The minimum absolute atomic E-state index is 0.207. The summed E-state index contributed by atoms with van der Waals surface area (Å²) >= 11 is 1.76. The number of nitrogens with zero attached hydrogens (tertiary/aromatic N) is 1. The van der Waals surface area contributed by atoms with Gasteiger partial charge in [-0.25, -0.2) is 4.98 Å². The topological polar surface area (TPSA) is 48.1 Å². The van der Waals surface area contributed by atoms with Crippen LogP contribution in [0.5, 0.6) is 0 Å². The first kappa shape index (κ1) is 13.7. The van der Waals surface area contributed by atoms with Crippen molar-refractivity contribution in [3.05, 3.63) is 40.2 Å². The molecule has 1 aliphatic heterocycles. The van der Waals surface area contributed by atoms with Crippen LogP contribution in [-0.4, -0.2) is 18.1 Å². The first-order chi connectivity index (χ1) is 9.73. The van der Waals surface area contributed by atoms with E-state index in [9.17, 15) is 0 Å². The fourth-order valence-corrected chi connectivity index (χ4v) is 3.88. The van der Waals surface area contributed by atoms with Gasteiger partial charge in [-0.3, -0.25) is 0 Å². The van der Waals surface area contributed by atoms with E-state index in [-0.39, 0.29) is 5.60 Å². The Balaban J connectivity index is 2.03.